The number of allylic oxidation sites excluding steroid dienone is 1. The first-order chi connectivity index (χ1) is 11.2. The molecular weight excluding hydrogens is 332 g/mol. The summed E-state index contributed by atoms with van der Waals surface area (Å²) in [5.74, 6) is 0.505. The van der Waals surface area contributed by atoms with Crippen molar-refractivity contribution in [3.63, 3.8) is 0 Å². The van der Waals surface area contributed by atoms with Gasteiger partial charge in [0.25, 0.3) is 0 Å². The Morgan fingerprint density at radius 1 is 1.17 bits per heavy atom. The van der Waals surface area contributed by atoms with E-state index < -0.39 is 0 Å². The van der Waals surface area contributed by atoms with E-state index in [4.69, 9.17) is 9.15 Å². The molecule has 0 saturated carbocycles. The quantitative estimate of drug-likeness (QED) is 0.654. The largest absolute Gasteiger partial charge is 0.493 e. The van der Waals surface area contributed by atoms with E-state index in [0.717, 1.165) is 27.4 Å². The standard InChI is InChI=1S/C17H10O4S2/c1-20-11-6-9(8-14-16(11)21-17(19)23-14)7-13-15(18)10-4-2-3-5-12(10)22-13/h2-8H,1H3/b13-7-. The third kappa shape index (κ3) is 2.40. The molecular formula is C17H10O4S2. The number of ketones is 1. The highest BCUT2D eigenvalue weighted by molar-refractivity contribution is 8.04. The minimum atomic E-state index is -0.373. The Morgan fingerprint density at radius 3 is 2.78 bits per heavy atom. The minimum absolute atomic E-state index is 0.0186. The summed E-state index contributed by atoms with van der Waals surface area (Å²) in [7, 11) is 1.52. The SMILES string of the molecule is COc1cc(/C=C2\Sc3ccccc3C2=O)cc2sc(=O)oc12. The molecule has 0 radical (unpaired) electrons. The first-order valence-corrected chi connectivity index (χ1v) is 8.44. The zero-order valence-electron chi connectivity index (χ0n) is 12.0. The molecule has 3 aromatic rings. The van der Waals surface area contributed by atoms with Crippen molar-refractivity contribution in [3.8, 4) is 5.75 Å². The molecule has 4 rings (SSSR count). The van der Waals surface area contributed by atoms with Crippen molar-refractivity contribution in [3.05, 3.63) is 62.2 Å². The number of ether oxygens (including phenoxy) is 1. The van der Waals surface area contributed by atoms with E-state index in [-0.39, 0.29) is 10.7 Å². The summed E-state index contributed by atoms with van der Waals surface area (Å²) in [6.45, 7) is 0. The predicted molar refractivity (Wildman–Crippen MR) is 91.5 cm³/mol. The summed E-state index contributed by atoms with van der Waals surface area (Å²) in [5, 5.41) is 0. The average Bonchev–Trinajstić information content (AvgIpc) is 3.07. The van der Waals surface area contributed by atoms with Crippen LogP contribution < -0.4 is 9.68 Å². The van der Waals surface area contributed by atoms with E-state index in [1.54, 1.807) is 6.07 Å². The lowest BCUT2D eigenvalue weighted by atomic mass is 10.1. The zero-order valence-corrected chi connectivity index (χ0v) is 13.6. The van der Waals surface area contributed by atoms with E-state index in [0.29, 0.717) is 20.9 Å². The van der Waals surface area contributed by atoms with Gasteiger partial charge in [-0.3, -0.25) is 4.79 Å². The third-order valence-corrected chi connectivity index (χ3v) is 5.39. The van der Waals surface area contributed by atoms with Gasteiger partial charge in [-0.1, -0.05) is 35.2 Å². The van der Waals surface area contributed by atoms with Crippen molar-refractivity contribution in [2.45, 2.75) is 4.90 Å². The number of hydrogen-bond acceptors (Lipinski definition) is 6. The Morgan fingerprint density at radius 2 is 2.00 bits per heavy atom. The molecule has 23 heavy (non-hydrogen) atoms. The lowest BCUT2D eigenvalue weighted by Crippen LogP contribution is -1.93. The molecule has 1 aliphatic heterocycles. The van der Waals surface area contributed by atoms with Crippen molar-refractivity contribution in [1.82, 2.24) is 0 Å². The van der Waals surface area contributed by atoms with Crippen molar-refractivity contribution >= 4 is 45.2 Å². The van der Waals surface area contributed by atoms with Gasteiger partial charge in [0.1, 0.15) is 0 Å². The highest BCUT2D eigenvalue weighted by Crippen LogP contribution is 2.41. The van der Waals surface area contributed by atoms with Gasteiger partial charge in [-0.15, -0.1) is 0 Å². The molecule has 0 bridgehead atoms. The second-order valence-electron chi connectivity index (χ2n) is 4.94. The normalized spacial score (nSPS) is 15.3. The lowest BCUT2D eigenvalue weighted by molar-refractivity contribution is 0.104. The van der Waals surface area contributed by atoms with E-state index in [1.807, 2.05) is 36.4 Å². The summed E-state index contributed by atoms with van der Waals surface area (Å²) >= 11 is 2.47. The number of Topliss-reactive ketones (excluding diaryl/α,β-unsaturated/α-hetero) is 1. The number of benzene rings is 2. The first kappa shape index (κ1) is 14.3. The van der Waals surface area contributed by atoms with Crippen LogP contribution in [0.25, 0.3) is 16.4 Å². The van der Waals surface area contributed by atoms with Gasteiger partial charge < -0.3 is 9.15 Å². The van der Waals surface area contributed by atoms with Gasteiger partial charge in [0, 0.05) is 10.5 Å². The molecule has 0 N–H and O–H groups in total. The summed E-state index contributed by atoms with van der Waals surface area (Å²) < 4.78 is 11.1. The van der Waals surface area contributed by atoms with Gasteiger partial charge in [0.2, 0.25) is 5.78 Å². The number of carbonyl (C=O) groups excluding carboxylic acids is 1. The molecule has 1 aromatic heterocycles. The molecule has 2 aromatic carbocycles. The Labute approximate surface area is 139 Å². The Bertz CT molecular complexity index is 1030. The minimum Gasteiger partial charge on any atom is -0.493 e. The van der Waals surface area contributed by atoms with Crippen molar-refractivity contribution in [1.29, 1.82) is 0 Å². The van der Waals surface area contributed by atoms with Crippen LogP contribution in [0.15, 0.2) is 55.4 Å². The summed E-state index contributed by atoms with van der Waals surface area (Å²) in [6.07, 6.45) is 1.82. The van der Waals surface area contributed by atoms with E-state index in [1.165, 1.54) is 18.9 Å². The molecule has 0 spiro atoms. The molecule has 0 aliphatic carbocycles. The van der Waals surface area contributed by atoms with Crippen LogP contribution in [-0.2, 0) is 0 Å². The molecule has 114 valence electrons. The van der Waals surface area contributed by atoms with E-state index in [2.05, 4.69) is 0 Å². The Balaban J connectivity index is 1.82. The third-order valence-electron chi connectivity index (χ3n) is 3.51. The monoisotopic (exact) mass is 342 g/mol. The summed E-state index contributed by atoms with van der Waals surface area (Å²) in [4.78, 5) is 25.1. The van der Waals surface area contributed by atoms with Gasteiger partial charge >= 0.3 is 4.94 Å². The first-order valence-electron chi connectivity index (χ1n) is 6.80. The predicted octanol–water partition coefficient (Wildman–Crippen LogP) is 4.19. The van der Waals surface area contributed by atoms with Crippen LogP contribution in [0.4, 0.5) is 0 Å². The van der Waals surface area contributed by atoms with Gasteiger partial charge in [0.15, 0.2) is 11.3 Å². The highest BCUT2D eigenvalue weighted by atomic mass is 32.2. The van der Waals surface area contributed by atoms with Gasteiger partial charge in [-0.05, 0) is 35.9 Å². The maximum atomic E-state index is 12.4. The zero-order chi connectivity index (χ0) is 16.0. The van der Waals surface area contributed by atoms with Crippen molar-refractivity contribution in [2.75, 3.05) is 7.11 Å². The smallest absolute Gasteiger partial charge is 0.396 e. The second kappa shape index (κ2) is 5.40. The van der Waals surface area contributed by atoms with Crippen LogP contribution in [0.3, 0.4) is 0 Å². The number of hydrogen-bond donors (Lipinski definition) is 0. The number of thioether (sulfide) groups is 1. The molecule has 0 atom stereocenters. The average molecular weight is 342 g/mol. The molecule has 0 unspecified atom stereocenters. The van der Waals surface area contributed by atoms with Crippen LogP contribution in [0.5, 0.6) is 5.75 Å². The summed E-state index contributed by atoms with van der Waals surface area (Å²) in [6, 6.07) is 11.1. The maximum Gasteiger partial charge on any atom is 0.396 e. The Kier molecular flexibility index (Phi) is 3.36. The highest BCUT2D eigenvalue weighted by Gasteiger charge is 2.25. The van der Waals surface area contributed by atoms with E-state index >= 15 is 0 Å². The molecule has 2 heterocycles. The topological polar surface area (TPSA) is 56.5 Å². The van der Waals surface area contributed by atoms with Gasteiger partial charge in [-0.2, -0.15) is 0 Å². The molecule has 0 saturated heterocycles. The van der Waals surface area contributed by atoms with Gasteiger partial charge in [-0.25, -0.2) is 4.79 Å². The Hall–Kier alpha value is -2.31. The van der Waals surface area contributed by atoms with Gasteiger partial charge in [0.05, 0.1) is 16.7 Å². The maximum absolute atomic E-state index is 12.4. The van der Waals surface area contributed by atoms with Crippen LogP contribution in [0.1, 0.15) is 15.9 Å². The molecule has 0 amide bonds. The van der Waals surface area contributed by atoms with Crippen LogP contribution in [0, 0.1) is 0 Å². The van der Waals surface area contributed by atoms with Crippen molar-refractivity contribution in [2.24, 2.45) is 0 Å². The molecule has 0 fully saturated rings. The van der Waals surface area contributed by atoms with Crippen LogP contribution in [0.2, 0.25) is 0 Å². The fourth-order valence-electron chi connectivity index (χ4n) is 2.49. The second-order valence-corrected chi connectivity index (χ2v) is 7.00. The number of carbonyl (C=O) groups is 1. The fourth-order valence-corrected chi connectivity index (χ4v) is 4.28. The lowest BCUT2D eigenvalue weighted by Gasteiger charge is -2.02. The molecule has 4 nitrogen and oxygen atoms in total. The van der Waals surface area contributed by atoms with E-state index in [9.17, 15) is 9.59 Å². The number of methoxy groups -OCH3 is 1. The summed E-state index contributed by atoms with van der Waals surface area (Å²) in [5.41, 5.74) is 1.97. The van der Waals surface area contributed by atoms with Crippen molar-refractivity contribution < 1.29 is 13.9 Å². The van der Waals surface area contributed by atoms with Crippen LogP contribution in [-0.4, -0.2) is 12.9 Å². The van der Waals surface area contributed by atoms with Crippen LogP contribution >= 0.6 is 23.1 Å². The molecule has 1 aliphatic rings. The number of fused-ring (bicyclic) bond motifs is 2. The molecule has 6 heteroatoms. The number of rotatable bonds is 2. The fraction of sp³-hybridized carbons (Fsp3) is 0.0588.